The monoisotopic (exact) mass is 302 g/mol. The molecule has 21 heavy (non-hydrogen) atoms. The first kappa shape index (κ1) is 13.3. The molecule has 0 saturated carbocycles. The SMILES string of the molecule is Cc1cc2c(Oc3ccccc3[N+](=O)[O-])nc(N)nc2s1. The largest absolute Gasteiger partial charge is 0.431 e. The van der Waals surface area contributed by atoms with Gasteiger partial charge in [-0.25, -0.2) is 4.98 Å². The molecular weight excluding hydrogens is 292 g/mol. The van der Waals surface area contributed by atoms with Gasteiger partial charge in [0.05, 0.1) is 10.3 Å². The van der Waals surface area contributed by atoms with Crippen LogP contribution in [0.1, 0.15) is 4.88 Å². The number of nitro benzene ring substituents is 1. The number of hydrogen-bond donors (Lipinski definition) is 1. The highest BCUT2D eigenvalue weighted by Gasteiger charge is 2.18. The predicted molar refractivity (Wildman–Crippen MR) is 79.7 cm³/mol. The summed E-state index contributed by atoms with van der Waals surface area (Å²) in [4.78, 5) is 20.4. The van der Waals surface area contributed by atoms with Crippen LogP contribution in [-0.2, 0) is 0 Å². The van der Waals surface area contributed by atoms with Crippen LogP contribution in [0.15, 0.2) is 30.3 Å². The summed E-state index contributed by atoms with van der Waals surface area (Å²) in [5, 5.41) is 11.7. The predicted octanol–water partition coefficient (Wildman–Crippen LogP) is 3.28. The summed E-state index contributed by atoms with van der Waals surface area (Å²) in [5.41, 5.74) is 5.53. The van der Waals surface area contributed by atoms with Gasteiger partial charge in [0.1, 0.15) is 4.83 Å². The van der Waals surface area contributed by atoms with Crippen molar-refractivity contribution in [3.05, 3.63) is 45.3 Å². The lowest BCUT2D eigenvalue weighted by Crippen LogP contribution is -1.98. The van der Waals surface area contributed by atoms with Crippen molar-refractivity contribution in [2.45, 2.75) is 6.92 Å². The fourth-order valence-corrected chi connectivity index (χ4v) is 2.78. The number of thiophene rings is 1. The zero-order valence-corrected chi connectivity index (χ0v) is 11.8. The molecule has 0 aliphatic rings. The van der Waals surface area contributed by atoms with Gasteiger partial charge in [-0.2, -0.15) is 4.98 Å². The Labute approximate surface area is 123 Å². The minimum atomic E-state index is -0.504. The third-order valence-electron chi connectivity index (χ3n) is 2.77. The number of nitro groups is 1. The number of nitrogen functional groups attached to an aromatic ring is 1. The standard InChI is InChI=1S/C13H10N4O3S/c1-7-6-8-11(15-13(14)16-12(8)21-7)20-10-5-3-2-4-9(10)17(18)19/h2-6H,1H3,(H2,14,15,16). The minimum Gasteiger partial charge on any atom is -0.431 e. The first-order chi connectivity index (χ1) is 10.0. The molecule has 0 bridgehead atoms. The van der Waals surface area contributed by atoms with E-state index in [-0.39, 0.29) is 23.3 Å². The molecule has 0 saturated heterocycles. The minimum absolute atomic E-state index is 0.0675. The van der Waals surface area contributed by atoms with Gasteiger partial charge in [-0.1, -0.05) is 12.1 Å². The molecule has 0 fully saturated rings. The molecule has 3 rings (SSSR count). The van der Waals surface area contributed by atoms with E-state index in [1.165, 1.54) is 23.5 Å². The molecule has 0 spiro atoms. The van der Waals surface area contributed by atoms with Crippen molar-refractivity contribution < 1.29 is 9.66 Å². The molecule has 0 aliphatic heterocycles. The van der Waals surface area contributed by atoms with Gasteiger partial charge in [-0.05, 0) is 19.1 Å². The smallest absolute Gasteiger partial charge is 0.311 e. The second kappa shape index (κ2) is 4.98. The van der Waals surface area contributed by atoms with Crippen LogP contribution in [0.2, 0.25) is 0 Å². The van der Waals surface area contributed by atoms with E-state index in [9.17, 15) is 10.1 Å². The molecule has 2 N–H and O–H groups in total. The van der Waals surface area contributed by atoms with Gasteiger partial charge in [-0.3, -0.25) is 10.1 Å². The van der Waals surface area contributed by atoms with Gasteiger partial charge in [0, 0.05) is 10.9 Å². The molecule has 1 aromatic carbocycles. The summed E-state index contributed by atoms with van der Waals surface area (Å²) in [6, 6.07) is 7.98. The van der Waals surface area contributed by atoms with Gasteiger partial charge in [0.25, 0.3) is 0 Å². The lowest BCUT2D eigenvalue weighted by atomic mass is 10.3. The highest BCUT2D eigenvalue weighted by molar-refractivity contribution is 7.18. The van der Waals surface area contributed by atoms with Crippen LogP contribution in [0.5, 0.6) is 11.6 Å². The maximum Gasteiger partial charge on any atom is 0.311 e. The summed E-state index contributed by atoms with van der Waals surface area (Å²) >= 11 is 1.46. The summed E-state index contributed by atoms with van der Waals surface area (Å²) in [7, 11) is 0. The maximum absolute atomic E-state index is 11.0. The summed E-state index contributed by atoms with van der Waals surface area (Å²) in [6.45, 7) is 1.93. The number of para-hydroxylation sites is 2. The molecule has 3 aromatic rings. The lowest BCUT2D eigenvalue weighted by Gasteiger charge is -2.06. The average molecular weight is 302 g/mol. The van der Waals surface area contributed by atoms with Gasteiger partial charge in [0.15, 0.2) is 0 Å². The van der Waals surface area contributed by atoms with Crippen LogP contribution < -0.4 is 10.5 Å². The van der Waals surface area contributed by atoms with E-state index in [4.69, 9.17) is 10.5 Å². The zero-order valence-electron chi connectivity index (χ0n) is 10.9. The average Bonchev–Trinajstić information content (AvgIpc) is 2.79. The van der Waals surface area contributed by atoms with E-state index in [0.717, 1.165) is 4.88 Å². The number of nitrogens with zero attached hydrogens (tertiary/aromatic N) is 3. The van der Waals surface area contributed by atoms with Crippen molar-refractivity contribution in [2.75, 3.05) is 5.73 Å². The number of hydrogen-bond acceptors (Lipinski definition) is 7. The van der Waals surface area contributed by atoms with Crippen LogP contribution in [0.4, 0.5) is 11.6 Å². The van der Waals surface area contributed by atoms with Crippen LogP contribution in [0.25, 0.3) is 10.2 Å². The lowest BCUT2D eigenvalue weighted by molar-refractivity contribution is -0.385. The van der Waals surface area contributed by atoms with Crippen molar-refractivity contribution in [2.24, 2.45) is 0 Å². The molecule has 2 aromatic heterocycles. The Morgan fingerprint density at radius 2 is 2.10 bits per heavy atom. The molecule has 0 aliphatic carbocycles. The zero-order chi connectivity index (χ0) is 15.0. The van der Waals surface area contributed by atoms with Crippen LogP contribution in [0.3, 0.4) is 0 Å². The third-order valence-corrected chi connectivity index (χ3v) is 3.71. The maximum atomic E-state index is 11.0. The molecule has 106 valence electrons. The summed E-state index contributed by atoms with van der Waals surface area (Å²) < 4.78 is 5.61. The summed E-state index contributed by atoms with van der Waals surface area (Å²) in [6.07, 6.45) is 0. The first-order valence-electron chi connectivity index (χ1n) is 5.99. The Bertz CT molecular complexity index is 847. The molecule has 0 unspecified atom stereocenters. The number of rotatable bonds is 3. The van der Waals surface area contributed by atoms with E-state index < -0.39 is 4.92 Å². The Kier molecular flexibility index (Phi) is 3.15. The molecule has 0 radical (unpaired) electrons. The Morgan fingerprint density at radius 3 is 2.86 bits per heavy atom. The fraction of sp³-hybridized carbons (Fsp3) is 0.0769. The number of aryl methyl sites for hydroxylation is 1. The van der Waals surface area contributed by atoms with Gasteiger partial charge < -0.3 is 10.5 Å². The van der Waals surface area contributed by atoms with Crippen molar-refractivity contribution >= 4 is 33.2 Å². The number of nitrogens with two attached hydrogens (primary N) is 1. The number of fused-ring (bicyclic) bond motifs is 1. The second-order valence-corrected chi connectivity index (χ2v) is 5.52. The van der Waals surface area contributed by atoms with Crippen LogP contribution in [-0.4, -0.2) is 14.9 Å². The first-order valence-corrected chi connectivity index (χ1v) is 6.81. The van der Waals surface area contributed by atoms with E-state index in [0.29, 0.717) is 10.2 Å². The van der Waals surface area contributed by atoms with Crippen LogP contribution in [0, 0.1) is 17.0 Å². The van der Waals surface area contributed by atoms with Crippen molar-refractivity contribution in [3.63, 3.8) is 0 Å². The quantitative estimate of drug-likeness (QED) is 0.588. The van der Waals surface area contributed by atoms with Gasteiger partial charge in [0.2, 0.25) is 17.6 Å². The van der Waals surface area contributed by atoms with E-state index >= 15 is 0 Å². The Hall–Kier alpha value is -2.74. The van der Waals surface area contributed by atoms with E-state index in [1.54, 1.807) is 12.1 Å². The van der Waals surface area contributed by atoms with Crippen molar-refractivity contribution in [1.82, 2.24) is 9.97 Å². The number of aromatic nitrogens is 2. The number of anilines is 1. The highest BCUT2D eigenvalue weighted by Crippen LogP contribution is 2.36. The van der Waals surface area contributed by atoms with Gasteiger partial charge in [-0.15, -0.1) is 11.3 Å². The van der Waals surface area contributed by atoms with Gasteiger partial charge >= 0.3 is 5.69 Å². The molecule has 2 heterocycles. The topological polar surface area (TPSA) is 104 Å². The molecule has 0 atom stereocenters. The fourth-order valence-electron chi connectivity index (χ4n) is 1.91. The molecule has 0 amide bonds. The van der Waals surface area contributed by atoms with E-state index in [2.05, 4.69) is 9.97 Å². The summed E-state index contributed by atoms with van der Waals surface area (Å²) in [5.74, 6) is 0.403. The van der Waals surface area contributed by atoms with Crippen LogP contribution >= 0.6 is 11.3 Å². The third kappa shape index (κ3) is 2.48. The van der Waals surface area contributed by atoms with Crippen molar-refractivity contribution in [1.29, 1.82) is 0 Å². The number of ether oxygens (including phenoxy) is 1. The molecule has 7 nitrogen and oxygen atoms in total. The Balaban J connectivity index is 2.12. The number of benzene rings is 1. The normalized spacial score (nSPS) is 10.7. The Morgan fingerprint density at radius 1 is 1.33 bits per heavy atom. The van der Waals surface area contributed by atoms with E-state index in [1.807, 2.05) is 13.0 Å². The second-order valence-electron chi connectivity index (χ2n) is 4.29. The highest BCUT2D eigenvalue weighted by atomic mass is 32.1. The molecular formula is C13H10N4O3S. The molecule has 8 heteroatoms. The van der Waals surface area contributed by atoms with Crippen molar-refractivity contribution in [3.8, 4) is 11.6 Å².